The number of carbonyl (C=O) groups excluding carboxylic acids is 1. The van der Waals surface area contributed by atoms with Gasteiger partial charge in [-0.15, -0.1) is 0 Å². The van der Waals surface area contributed by atoms with Gasteiger partial charge in [0, 0.05) is 19.2 Å². The van der Waals surface area contributed by atoms with Gasteiger partial charge in [0.05, 0.1) is 18.0 Å². The number of aryl methyl sites for hydroxylation is 1. The molecule has 128 valence electrons. The van der Waals surface area contributed by atoms with E-state index >= 15 is 0 Å². The first-order chi connectivity index (χ1) is 11.4. The Labute approximate surface area is 141 Å². The maximum atomic E-state index is 12.5. The predicted octanol–water partition coefficient (Wildman–Crippen LogP) is 2.40. The first-order valence-electron chi connectivity index (χ1n) is 7.78. The smallest absolute Gasteiger partial charge is 0.254 e. The zero-order valence-corrected chi connectivity index (χ0v) is 14.5. The summed E-state index contributed by atoms with van der Waals surface area (Å²) in [4.78, 5) is 14.0. The number of hydrogen-bond donors (Lipinski definition) is 0. The van der Waals surface area contributed by atoms with Crippen LogP contribution >= 0.6 is 0 Å². The standard InChI is InChI=1S/C17H20N2O4S/c1-13-4-9-16(23-13)12-18(2)17(20)14-5-7-15(8-6-14)19-10-3-11-24(19,21)22/h4-9H,3,10-12H2,1-2H3. The molecule has 1 aliphatic heterocycles. The van der Waals surface area contributed by atoms with E-state index in [0.29, 0.717) is 30.8 Å². The summed E-state index contributed by atoms with van der Waals surface area (Å²) >= 11 is 0. The van der Waals surface area contributed by atoms with Crippen LogP contribution in [-0.2, 0) is 16.6 Å². The summed E-state index contributed by atoms with van der Waals surface area (Å²) in [6.07, 6.45) is 0.633. The number of benzene rings is 1. The molecule has 0 radical (unpaired) electrons. The minimum absolute atomic E-state index is 0.139. The summed E-state index contributed by atoms with van der Waals surface area (Å²) in [6.45, 7) is 2.73. The van der Waals surface area contributed by atoms with E-state index in [4.69, 9.17) is 4.42 Å². The first kappa shape index (κ1) is 16.6. The molecule has 0 saturated carbocycles. The average Bonchev–Trinajstić information content (AvgIpc) is 3.11. The Morgan fingerprint density at radius 1 is 1.21 bits per heavy atom. The van der Waals surface area contributed by atoms with Gasteiger partial charge in [0.2, 0.25) is 10.0 Å². The minimum Gasteiger partial charge on any atom is -0.464 e. The molecule has 2 heterocycles. The van der Waals surface area contributed by atoms with Crippen molar-refractivity contribution in [3.05, 3.63) is 53.5 Å². The molecule has 1 aliphatic rings. The lowest BCUT2D eigenvalue weighted by Crippen LogP contribution is -2.27. The van der Waals surface area contributed by atoms with E-state index < -0.39 is 10.0 Å². The van der Waals surface area contributed by atoms with Crippen molar-refractivity contribution in [3.8, 4) is 0 Å². The molecule has 24 heavy (non-hydrogen) atoms. The van der Waals surface area contributed by atoms with Gasteiger partial charge in [0.25, 0.3) is 5.91 Å². The van der Waals surface area contributed by atoms with Crippen LogP contribution in [-0.4, -0.2) is 38.6 Å². The van der Waals surface area contributed by atoms with Crippen LogP contribution in [0.1, 0.15) is 28.3 Å². The van der Waals surface area contributed by atoms with E-state index in [1.54, 1.807) is 36.2 Å². The number of anilines is 1. The molecule has 1 saturated heterocycles. The highest BCUT2D eigenvalue weighted by atomic mass is 32.2. The Morgan fingerprint density at radius 3 is 2.46 bits per heavy atom. The number of rotatable bonds is 4. The molecule has 1 amide bonds. The summed E-state index contributed by atoms with van der Waals surface area (Å²) in [7, 11) is -1.49. The van der Waals surface area contributed by atoms with E-state index in [-0.39, 0.29) is 11.7 Å². The van der Waals surface area contributed by atoms with Gasteiger partial charge in [-0.05, 0) is 49.7 Å². The molecule has 1 fully saturated rings. The van der Waals surface area contributed by atoms with Gasteiger partial charge in [-0.1, -0.05) is 0 Å². The number of hydrogen-bond acceptors (Lipinski definition) is 4. The molecule has 6 nitrogen and oxygen atoms in total. The Kier molecular flexibility index (Phi) is 4.36. The SMILES string of the molecule is Cc1ccc(CN(C)C(=O)c2ccc(N3CCCS3(=O)=O)cc2)o1. The summed E-state index contributed by atoms with van der Waals surface area (Å²) in [6, 6.07) is 10.4. The van der Waals surface area contributed by atoms with Crippen LogP contribution < -0.4 is 4.31 Å². The van der Waals surface area contributed by atoms with Crippen molar-refractivity contribution in [2.45, 2.75) is 19.9 Å². The van der Waals surface area contributed by atoms with Crippen molar-refractivity contribution in [2.75, 3.05) is 23.7 Å². The molecule has 0 spiro atoms. The third-order valence-electron chi connectivity index (χ3n) is 4.04. The highest BCUT2D eigenvalue weighted by Gasteiger charge is 2.28. The lowest BCUT2D eigenvalue weighted by Gasteiger charge is -2.19. The predicted molar refractivity (Wildman–Crippen MR) is 91.4 cm³/mol. The molecular formula is C17H20N2O4S. The Hall–Kier alpha value is -2.28. The van der Waals surface area contributed by atoms with Gasteiger partial charge in [-0.2, -0.15) is 0 Å². The molecule has 0 unspecified atom stereocenters. The van der Waals surface area contributed by atoms with Gasteiger partial charge in [-0.25, -0.2) is 8.42 Å². The van der Waals surface area contributed by atoms with E-state index in [0.717, 1.165) is 11.5 Å². The maximum Gasteiger partial charge on any atom is 0.254 e. The van der Waals surface area contributed by atoms with Crippen molar-refractivity contribution < 1.29 is 17.6 Å². The molecule has 0 N–H and O–H groups in total. The Balaban J connectivity index is 1.71. The number of carbonyl (C=O) groups is 1. The van der Waals surface area contributed by atoms with Crippen molar-refractivity contribution in [1.29, 1.82) is 0 Å². The van der Waals surface area contributed by atoms with Crippen LogP contribution in [0, 0.1) is 6.92 Å². The van der Waals surface area contributed by atoms with Gasteiger partial charge in [-0.3, -0.25) is 9.10 Å². The van der Waals surface area contributed by atoms with Crippen molar-refractivity contribution in [3.63, 3.8) is 0 Å². The molecule has 0 atom stereocenters. The fourth-order valence-corrected chi connectivity index (χ4v) is 4.36. The lowest BCUT2D eigenvalue weighted by molar-refractivity contribution is 0.0775. The fraction of sp³-hybridized carbons (Fsp3) is 0.353. The van der Waals surface area contributed by atoms with E-state index in [9.17, 15) is 13.2 Å². The van der Waals surface area contributed by atoms with Crippen LogP contribution in [0.4, 0.5) is 5.69 Å². The molecular weight excluding hydrogens is 328 g/mol. The van der Waals surface area contributed by atoms with Crippen molar-refractivity contribution >= 4 is 21.6 Å². The van der Waals surface area contributed by atoms with Crippen LogP contribution in [0.25, 0.3) is 0 Å². The molecule has 1 aromatic carbocycles. The van der Waals surface area contributed by atoms with Crippen LogP contribution in [0.5, 0.6) is 0 Å². The fourth-order valence-electron chi connectivity index (χ4n) is 2.80. The second-order valence-corrected chi connectivity index (χ2v) is 7.97. The summed E-state index contributed by atoms with van der Waals surface area (Å²) < 4.78 is 30.8. The van der Waals surface area contributed by atoms with E-state index in [1.165, 1.54) is 4.31 Å². The summed E-state index contributed by atoms with van der Waals surface area (Å²) in [5.41, 5.74) is 1.12. The van der Waals surface area contributed by atoms with Crippen LogP contribution in [0.2, 0.25) is 0 Å². The molecule has 1 aromatic heterocycles. The number of amides is 1. The van der Waals surface area contributed by atoms with Crippen LogP contribution in [0.15, 0.2) is 40.8 Å². The van der Waals surface area contributed by atoms with Crippen LogP contribution in [0.3, 0.4) is 0 Å². The number of nitrogens with zero attached hydrogens (tertiary/aromatic N) is 2. The molecule has 0 bridgehead atoms. The largest absolute Gasteiger partial charge is 0.464 e. The van der Waals surface area contributed by atoms with Gasteiger partial charge in [0.1, 0.15) is 11.5 Å². The third kappa shape index (κ3) is 3.31. The molecule has 2 aromatic rings. The molecule has 7 heteroatoms. The lowest BCUT2D eigenvalue weighted by atomic mass is 10.2. The summed E-state index contributed by atoms with van der Waals surface area (Å²) in [5, 5.41) is 0. The normalized spacial score (nSPS) is 16.3. The minimum atomic E-state index is -3.20. The van der Waals surface area contributed by atoms with Crippen molar-refractivity contribution in [1.82, 2.24) is 4.90 Å². The molecule has 0 aliphatic carbocycles. The van der Waals surface area contributed by atoms with E-state index in [2.05, 4.69) is 0 Å². The third-order valence-corrected chi connectivity index (χ3v) is 5.91. The average molecular weight is 348 g/mol. The van der Waals surface area contributed by atoms with Gasteiger partial charge in [0.15, 0.2) is 0 Å². The maximum absolute atomic E-state index is 12.5. The Morgan fingerprint density at radius 2 is 1.92 bits per heavy atom. The highest BCUT2D eigenvalue weighted by molar-refractivity contribution is 7.93. The molecule has 3 rings (SSSR count). The van der Waals surface area contributed by atoms with Gasteiger partial charge >= 0.3 is 0 Å². The second-order valence-electron chi connectivity index (χ2n) is 5.96. The highest BCUT2D eigenvalue weighted by Crippen LogP contribution is 2.24. The topological polar surface area (TPSA) is 70.8 Å². The zero-order chi connectivity index (χ0) is 17.3. The van der Waals surface area contributed by atoms with E-state index in [1.807, 2.05) is 19.1 Å². The van der Waals surface area contributed by atoms with Gasteiger partial charge < -0.3 is 9.32 Å². The monoisotopic (exact) mass is 348 g/mol. The van der Waals surface area contributed by atoms with Crippen molar-refractivity contribution in [2.24, 2.45) is 0 Å². The Bertz CT molecular complexity index is 840. The number of furan rings is 1. The summed E-state index contributed by atoms with van der Waals surface area (Å²) in [5.74, 6) is 1.57. The first-order valence-corrected chi connectivity index (χ1v) is 9.39. The second kappa shape index (κ2) is 6.32. The quantitative estimate of drug-likeness (QED) is 0.851. The zero-order valence-electron chi connectivity index (χ0n) is 13.7. The number of sulfonamides is 1.